The minimum atomic E-state index is 0.171. The molecule has 1 rings (SSSR count). The summed E-state index contributed by atoms with van der Waals surface area (Å²) in [7, 11) is 1.64. The van der Waals surface area contributed by atoms with E-state index in [0.29, 0.717) is 13.0 Å². The Morgan fingerprint density at radius 1 is 1.26 bits per heavy atom. The van der Waals surface area contributed by atoms with Crippen LogP contribution in [0.3, 0.4) is 0 Å². The van der Waals surface area contributed by atoms with Gasteiger partial charge in [-0.15, -0.1) is 0 Å². The first-order valence-electron chi connectivity index (χ1n) is 6.82. The van der Waals surface area contributed by atoms with Crippen molar-refractivity contribution in [2.75, 3.05) is 26.7 Å². The number of carbonyl (C=O) groups is 1. The molecule has 0 aliphatic heterocycles. The monoisotopic (exact) mass is 264 g/mol. The number of nitrogens with zero attached hydrogens (tertiary/aromatic N) is 1. The minimum Gasteiger partial charge on any atom is -0.497 e. The van der Waals surface area contributed by atoms with Crippen molar-refractivity contribution >= 4 is 5.91 Å². The summed E-state index contributed by atoms with van der Waals surface area (Å²) in [4.78, 5) is 14.0. The quantitative estimate of drug-likeness (QED) is 0.729. The molecule has 0 unspecified atom stereocenters. The Kier molecular flexibility index (Phi) is 6.97. The van der Waals surface area contributed by atoms with Crippen molar-refractivity contribution in [3.63, 3.8) is 0 Å². The van der Waals surface area contributed by atoms with Gasteiger partial charge in [0.05, 0.1) is 13.5 Å². The zero-order valence-electron chi connectivity index (χ0n) is 11.9. The van der Waals surface area contributed by atoms with Gasteiger partial charge in [-0.05, 0) is 44.0 Å². The number of hydrogen-bond donors (Lipinski definition) is 1. The molecule has 0 radical (unpaired) electrons. The number of methoxy groups -OCH3 is 1. The molecule has 4 nitrogen and oxygen atoms in total. The fourth-order valence-corrected chi connectivity index (χ4v) is 1.94. The van der Waals surface area contributed by atoms with Gasteiger partial charge in [0.2, 0.25) is 5.91 Å². The van der Waals surface area contributed by atoms with Crippen molar-refractivity contribution in [2.45, 2.75) is 26.2 Å². The topological polar surface area (TPSA) is 55.6 Å². The number of amides is 1. The molecule has 0 aliphatic carbocycles. The summed E-state index contributed by atoms with van der Waals surface area (Å²) in [6, 6.07) is 7.63. The molecule has 0 aromatic heterocycles. The minimum absolute atomic E-state index is 0.171. The Morgan fingerprint density at radius 2 is 1.95 bits per heavy atom. The van der Waals surface area contributed by atoms with Gasteiger partial charge in [-0.25, -0.2) is 0 Å². The van der Waals surface area contributed by atoms with Crippen LogP contribution in [0.2, 0.25) is 0 Å². The lowest BCUT2D eigenvalue weighted by molar-refractivity contribution is -0.130. The van der Waals surface area contributed by atoms with Crippen LogP contribution in [0.15, 0.2) is 24.3 Å². The summed E-state index contributed by atoms with van der Waals surface area (Å²) in [5.41, 5.74) is 6.48. The molecular formula is C15H24N2O2. The van der Waals surface area contributed by atoms with Crippen LogP contribution < -0.4 is 10.5 Å². The third kappa shape index (κ3) is 5.30. The number of nitrogens with two attached hydrogens (primary N) is 1. The Hall–Kier alpha value is -1.55. The largest absolute Gasteiger partial charge is 0.497 e. The van der Waals surface area contributed by atoms with Gasteiger partial charge < -0.3 is 15.4 Å². The van der Waals surface area contributed by atoms with Gasteiger partial charge in [0.25, 0.3) is 0 Å². The lowest BCUT2D eigenvalue weighted by Crippen LogP contribution is -2.33. The van der Waals surface area contributed by atoms with Gasteiger partial charge in [-0.3, -0.25) is 4.79 Å². The molecule has 1 amide bonds. The fraction of sp³-hybridized carbons (Fsp3) is 0.533. The van der Waals surface area contributed by atoms with Gasteiger partial charge in [-0.1, -0.05) is 12.1 Å². The van der Waals surface area contributed by atoms with Crippen LogP contribution in [-0.2, 0) is 11.2 Å². The Balaban J connectivity index is 2.50. The zero-order chi connectivity index (χ0) is 14.1. The highest BCUT2D eigenvalue weighted by molar-refractivity contribution is 5.78. The Morgan fingerprint density at radius 3 is 2.47 bits per heavy atom. The maximum absolute atomic E-state index is 12.2. The van der Waals surface area contributed by atoms with Crippen LogP contribution in [0, 0.1) is 0 Å². The van der Waals surface area contributed by atoms with Crippen molar-refractivity contribution in [3.05, 3.63) is 29.8 Å². The second kappa shape index (κ2) is 8.53. The summed E-state index contributed by atoms with van der Waals surface area (Å²) in [5, 5.41) is 0. The van der Waals surface area contributed by atoms with E-state index in [0.717, 1.165) is 37.2 Å². The fourth-order valence-electron chi connectivity index (χ4n) is 1.94. The van der Waals surface area contributed by atoms with Crippen LogP contribution in [0.5, 0.6) is 5.75 Å². The average Bonchev–Trinajstić information content (AvgIpc) is 2.44. The Bertz CT molecular complexity index is 376. The number of likely N-dealkylation sites (N-methyl/N-ethyl adjacent to an activating group) is 1. The SMILES string of the molecule is CCN(CCCCN)C(=O)Cc1ccc(OC)cc1. The van der Waals surface area contributed by atoms with Crippen molar-refractivity contribution in [2.24, 2.45) is 5.73 Å². The van der Waals surface area contributed by atoms with Gasteiger partial charge in [0.15, 0.2) is 0 Å². The predicted molar refractivity (Wildman–Crippen MR) is 77.2 cm³/mol. The van der Waals surface area contributed by atoms with Gasteiger partial charge in [-0.2, -0.15) is 0 Å². The van der Waals surface area contributed by atoms with Crippen molar-refractivity contribution in [1.82, 2.24) is 4.90 Å². The molecule has 0 spiro atoms. The van der Waals surface area contributed by atoms with Crippen molar-refractivity contribution in [1.29, 1.82) is 0 Å². The first-order valence-corrected chi connectivity index (χ1v) is 6.82. The number of carbonyl (C=O) groups excluding carboxylic acids is 1. The lowest BCUT2D eigenvalue weighted by Gasteiger charge is -2.20. The lowest BCUT2D eigenvalue weighted by atomic mass is 10.1. The van der Waals surface area contributed by atoms with Crippen molar-refractivity contribution < 1.29 is 9.53 Å². The van der Waals surface area contributed by atoms with Crippen LogP contribution in [0.25, 0.3) is 0 Å². The number of benzene rings is 1. The first kappa shape index (κ1) is 15.5. The molecule has 0 atom stereocenters. The molecular weight excluding hydrogens is 240 g/mol. The zero-order valence-corrected chi connectivity index (χ0v) is 11.9. The van der Waals surface area contributed by atoms with Crippen LogP contribution in [0.4, 0.5) is 0 Å². The molecule has 0 saturated heterocycles. The smallest absolute Gasteiger partial charge is 0.226 e. The van der Waals surface area contributed by atoms with Crippen LogP contribution in [-0.4, -0.2) is 37.6 Å². The predicted octanol–water partition coefficient (Wildman–Crippen LogP) is 1.83. The summed E-state index contributed by atoms with van der Waals surface area (Å²) in [6.45, 7) is 4.24. The van der Waals surface area contributed by atoms with E-state index >= 15 is 0 Å². The Labute approximate surface area is 115 Å². The van der Waals surface area contributed by atoms with E-state index in [4.69, 9.17) is 10.5 Å². The number of unbranched alkanes of at least 4 members (excludes halogenated alkanes) is 1. The maximum atomic E-state index is 12.2. The molecule has 4 heteroatoms. The second-order valence-corrected chi connectivity index (χ2v) is 4.49. The average molecular weight is 264 g/mol. The van der Waals surface area contributed by atoms with Gasteiger partial charge >= 0.3 is 0 Å². The summed E-state index contributed by atoms with van der Waals surface area (Å²) < 4.78 is 5.10. The first-order chi connectivity index (χ1) is 9.21. The molecule has 1 aromatic carbocycles. The third-order valence-corrected chi connectivity index (χ3v) is 3.13. The molecule has 0 heterocycles. The van der Waals surface area contributed by atoms with E-state index in [-0.39, 0.29) is 5.91 Å². The molecule has 0 saturated carbocycles. The van der Waals surface area contributed by atoms with Crippen LogP contribution in [0.1, 0.15) is 25.3 Å². The normalized spacial score (nSPS) is 10.3. The highest BCUT2D eigenvalue weighted by Gasteiger charge is 2.11. The molecule has 2 N–H and O–H groups in total. The summed E-state index contributed by atoms with van der Waals surface area (Å²) in [5.74, 6) is 0.983. The number of rotatable bonds is 8. The molecule has 106 valence electrons. The molecule has 0 aliphatic rings. The highest BCUT2D eigenvalue weighted by atomic mass is 16.5. The van der Waals surface area contributed by atoms with Gasteiger partial charge in [0, 0.05) is 13.1 Å². The summed E-state index contributed by atoms with van der Waals surface area (Å²) >= 11 is 0. The van der Waals surface area contributed by atoms with Crippen molar-refractivity contribution in [3.8, 4) is 5.75 Å². The van der Waals surface area contributed by atoms with E-state index in [9.17, 15) is 4.79 Å². The van der Waals surface area contributed by atoms with Crippen LogP contribution >= 0.6 is 0 Å². The molecule has 1 aromatic rings. The van der Waals surface area contributed by atoms with Gasteiger partial charge in [0.1, 0.15) is 5.75 Å². The summed E-state index contributed by atoms with van der Waals surface area (Å²) in [6.07, 6.45) is 2.38. The second-order valence-electron chi connectivity index (χ2n) is 4.49. The molecule has 0 bridgehead atoms. The molecule has 0 fully saturated rings. The number of ether oxygens (including phenoxy) is 1. The van der Waals surface area contributed by atoms with E-state index in [1.54, 1.807) is 7.11 Å². The molecule has 19 heavy (non-hydrogen) atoms. The van der Waals surface area contributed by atoms with E-state index in [1.165, 1.54) is 0 Å². The number of hydrogen-bond acceptors (Lipinski definition) is 3. The third-order valence-electron chi connectivity index (χ3n) is 3.13. The maximum Gasteiger partial charge on any atom is 0.226 e. The highest BCUT2D eigenvalue weighted by Crippen LogP contribution is 2.12. The standard InChI is InChI=1S/C15H24N2O2/c1-3-17(11-5-4-10-16)15(18)12-13-6-8-14(19-2)9-7-13/h6-9H,3-5,10-12,16H2,1-2H3. The van der Waals surface area contributed by atoms with E-state index in [2.05, 4.69) is 0 Å². The van der Waals surface area contributed by atoms with E-state index < -0.39 is 0 Å². The van der Waals surface area contributed by atoms with E-state index in [1.807, 2.05) is 36.1 Å².